The zero-order valence-electron chi connectivity index (χ0n) is 13.8. The second-order valence-electron chi connectivity index (χ2n) is 5.13. The highest BCUT2D eigenvalue weighted by atomic mass is 32.1. The maximum Gasteiger partial charge on any atom is 0.348 e. The van der Waals surface area contributed by atoms with Gasteiger partial charge in [0.05, 0.1) is 12.8 Å². The van der Waals surface area contributed by atoms with Crippen molar-refractivity contribution in [2.75, 3.05) is 7.11 Å². The fraction of sp³-hybridized carbons (Fsp3) is 0.294. The first-order valence-corrected chi connectivity index (χ1v) is 8.36. The van der Waals surface area contributed by atoms with Crippen molar-refractivity contribution >= 4 is 29.2 Å². The van der Waals surface area contributed by atoms with E-state index in [4.69, 9.17) is 4.74 Å². The summed E-state index contributed by atoms with van der Waals surface area (Å²) in [5, 5.41) is 4.24. The summed E-state index contributed by atoms with van der Waals surface area (Å²) in [6.07, 6.45) is 2.61. The zero-order chi connectivity index (χ0) is 17.5. The molecular formula is C17H19N3O3S. The van der Waals surface area contributed by atoms with Gasteiger partial charge in [0.2, 0.25) is 4.80 Å². The van der Waals surface area contributed by atoms with Crippen LogP contribution in [0.4, 0.5) is 5.69 Å². The number of hydrogen-bond donors (Lipinski definition) is 0. The van der Waals surface area contributed by atoms with Crippen LogP contribution in [-0.2, 0) is 4.74 Å². The molecule has 1 heterocycles. The minimum atomic E-state index is -0.570. The number of aromatic nitrogens is 1. The number of hydrogen-bond acceptors (Lipinski definition) is 6. The van der Waals surface area contributed by atoms with Gasteiger partial charge in [0.1, 0.15) is 4.88 Å². The Hall–Kier alpha value is -2.54. The average Bonchev–Trinajstić information content (AvgIpc) is 2.60. The van der Waals surface area contributed by atoms with Crippen molar-refractivity contribution in [1.29, 1.82) is 0 Å². The summed E-state index contributed by atoms with van der Waals surface area (Å²) >= 11 is 1.06. The molecule has 0 bridgehead atoms. The summed E-state index contributed by atoms with van der Waals surface area (Å²) in [4.78, 5) is 29.1. The van der Waals surface area contributed by atoms with Gasteiger partial charge in [0.15, 0.2) is 0 Å². The van der Waals surface area contributed by atoms with Gasteiger partial charge in [-0.1, -0.05) is 43.4 Å². The van der Waals surface area contributed by atoms with Gasteiger partial charge in [-0.15, -0.1) is 0 Å². The molecular weight excluding hydrogens is 326 g/mol. The largest absolute Gasteiger partial charge is 0.465 e. The molecule has 1 atom stereocenters. The first-order valence-electron chi connectivity index (χ1n) is 7.55. The highest BCUT2D eigenvalue weighted by Gasteiger charge is 2.11. The Morgan fingerprint density at radius 3 is 2.71 bits per heavy atom. The van der Waals surface area contributed by atoms with Crippen LogP contribution in [0.1, 0.15) is 29.9 Å². The highest BCUT2D eigenvalue weighted by molar-refractivity contribution is 7.11. The summed E-state index contributed by atoms with van der Waals surface area (Å²) < 4.78 is 5.90. The molecule has 0 saturated heterocycles. The van der Waals surface area contributed by atoms with Gasteiger partial charge >= 0.3 is 5.97 Å². The number of carbonyl (C=O) groups is 1. The van der Waals surface area contributed by atoms with Crippen molar-refractivity contribution in [1.82, 2.24) is 4.68 Å². The van der Waals surface area contributed by atoms with Crippen LogP contribution >= 0.6 is 11.3 Å². The Labute approximate surface area is 143 Å². The topological polar surface area (TPSA) is 73.0 Å². The third-order valence-corrected chi connectivity index (χ3v) is 4.25. The lowest BCUT2D eigenvalue weighted by Crippen LogP contribution is -2.30. The second-order valence-corrected chi connectivity index (χ2v) is 6.14. The highest BCUT2D eigenvalue weighted by Crippen LogP contribution is 2.09. The Kier molecular flexibility index (Phi) is 6.20. The van der Waals surface area contributed by atoms with Crippen LogP contribution in [0.3, 0.4) is 0 Å². The standard InChI is InChI=1S/C17H19N3O3S/c1-4-12(2)11-18-20-15(21)10-14(16(22)23-3)24-17(20)19-13-8-6-5-7-9-13/h5-12H,4H2,1-3H3/b18-11+,19-17?. The fourth-order valence-electron chi connectivity index (χ4n) is 1.72. The molecule has 7 heteroatoms. The molecule has 2 aromatic rings. The summed E-state index contributed by atoms with van der Waals surface area (Å²) in [5.41, 5.74) is 0.242. The maximum absolute atomic E-state index is 12.4. The first-order chi connectivity index (χ1) is 11.5. The van der Waals surface area contributed by atoms with Gasteiger partial charge in [0.25, 0.3) is 5.56 Å². The van der Waals surface area contributed by atoms with Crippen molar-refractivity contribution < 1.29 is 9.53 Å². The van der Waals surface area contributed by atoms with Crippen LogP contribution in [-0.4, -0.2) is 24.0 Å². The Balaban J connectivity index is 2.65. The van der Waals surface area contributed by atoms with Crippen LogP contribution in [0.5, 0.6) is 0 Å². The Bertz CT molecular complexity index is 853. The van der Waals surface area contributed by atoms with E-state index in [0.29, 0.717) is 10.5 Å². The number of esters is 1. The molecule has 0 saturated carbocycles. The molecule has 24 heavy (non-hydrogen) atoms. The number of nitrogens with zero attached hydrogens (tertiary/aromatic N) is 3. The molecule has 0 aliphatic heterocycles. The SMILES string of the molecule is CCC(C)/C=N/n1c(=O)cc(C(=O)OC)sc1=Nc1ccccc1. The smallest absolute Gasteiger partial charge is 0.348 e. The van der Waals surface area contributed by atoms with Crippen LogP contribution in [0.15, 0.2) is 51.3 Å². The van der Waals surface area contributed by atoms with Gasteiger partial charge < -0.3 is 4.74 Å². The van der Waals surface area contributed by atoms with Crippen molar-refractivity contribution in [2.24, 2.45) is 16.0 Å². The van der Waals surface area contributed by atoms with Crippen molar-refractivity contribution in [3.63, 3.8) is 0 Å². The fourth-order valence-corrected chi connectivity index (χ4v) is 2.61. The molecule has 0 aliphatic carbocycles. The normalized spacial score (nSPS) is 13.2. The molecule has 6 nitrogen and oxygen atoms in total. The molecule has 1 aromatic carbocycles. The van der Waals surface area contributed by atoms with E-state index in [9.17, 15) is 9.59 Å². The lowest BCUT2D eigenvalue weighted by Gasteiger charge is -2.04. The van der Waals surface area contributed by atoms with E-state index in [1.807, 2.05) is 44.2 Å². The first kappa shape index (κ1) is 17.8. The predicted molar refractivity (Wildman–Crippen MR) is 94.9 cm³/mol. The van der Waals surface area contributed by atoms with Gasteiger partial charge in [-0.25, -0.2) is 9.79 Å². The van der Waals surface area contributed by atoms with Crippen LogP contribution in [0, 0.1) is 5.92 Å². The summed E-state index contributed by atoms with van der Waals surface area (Å²) in [6.45, 7) is 4.05. The van der Waals surface area contributed by atoms with Crippen molar-refractivity contribution in [3.05, 3.63) is 56.4 Å². The average molecular weight is 345 g/mol. The number of ether oxygens (including phenoxy) is 1. The van der Waals surface area contributed by atoms with Crippen LogP contribution in [0.25, 0.3) is 0 Å². The molecule has 0 fully saturated rings. The Morgan fingerprint density at radius 1 is 1.38 bits per heavy atom. The number of carbonyl (C=O) groups excluding carboxylic acids is 1. The number of para-hydroxylation sites is 1. The quantitative estimate of drug-likeness (QED) is 0.618. The minimum Gasteiger partial charge on any atom is -0.465 e. The molecule has 0 N–H and O–H groups in total. The van der Waals surface area contributed by atoms with Crippen LogP contribution in [0.2, 0.25) is 0 Å². The summed E-state index contributed by atoms with van der Waals surface area (Å²) in [7, 11) is 1.27. The van der Waals surface area contributed by atoms with E-state index in [-0.39, 0.29) is 10.8 Å². The van der Waals surface area contributed by atoms with Gasteiger partial charge in [0, 0.05) is 12.3 Å². The van der Waals surface area contributed by atoms with Crippen molar-refractivity contribution in [3.8, 4) is 0 Å². The van der Waals surface area contributed by atoms with E-state index >= 15 is 0 Å². The number of methoxy groups -OCH3 is 1. The van der Waals surface area contributed by atoms with Crippen LogP contribution < -0.4 is 10.4 Å². The molecule has 0 aliphatic rings. The molecule has 1 unspecified atom stereocenters. The van der Waals surface area contributed by atoms with E-state index in [1.165, 1.54) is 17.9 Å². The summed E-state index contributed by atoms with van der Waals surface area (Å²) in [5.74, 6) is -0.341. The van der Waals surface area contributed by atoms with Gasteiger partial charge in [-0.3, -0.25) is 4.79 Å². The van der Waals surface area contributed by atoms with E-state index in [0.717, 1.165) is 17.8 Å². The molecule has 126 valence electrons. The molecule has 2 rings (SSSR count). The third-order valence-electron chi connectivity index (χ3n) is 3.29. The Morgan fingerprint density at radius 2 is 2.08 bits per heavy atom. The molecule has 0 radical (unpaired) electrons. The maximum atomic E-state index is 12.4. The van der Waals surface area contributed by atoms with E-state index < -0.39 is 11.5 Å². The monoisotopic (exact) mass is 345 g/mol. The van der Waals surface area contributed by atoms with Gasteiger partial charge in [-0.2, -0.15) is 9.78 Å². The van der Waals surface area contributed by atoms with Crippen molar-refractivity contribution in [2.45, 2.75) is 20.3 Å². The number of rotatable bonds is 5. The summed E-state index contributed by atoms with van der Waals surface area (Å²) in [6, 6.07) is 10.4. The molecule has 0 spiro atoms. The minimum absolute atomic E-state index is 0.187. The second kappa shape index (κ2) is 8.35. The third kappa shape index (κ3) is 4.48. The van der Waals surface area contributed by atoms with E-state index in [1.54, 1.807) is 6.21 Å². The predicted octanol–water partition coefficient (Wildman–Crippen LogP) is 2.81. The zero-order valence-corrected chi connectivity index (χ0v) is 14.6. The van der Waals surface area contributed by atoms with Gasteiger partial charge in [-0.05, 0) is 24.5 Å². The molecule has 0 amide bonds. The number of benzene rings is 1. The lowest BCUT2D eigenvalue weighted by molar-refractivity contribution is 0.0606. The lowest BCUT2D eigenvalue weighted by atomic mass is 10.1. The molecule has 1 aromatic heterocycles. The van der Waals surface area contributed by atoms with E-state index in [2.05, 4.69) is 10.1 Å².